The van der Waals surface area contributed by atoms with Gasteiger partial charge < -0.3 is 15.2 Å². The van der Waals surface area contributed by atoms with Gasteiger partial charge in [-0.2, -0.15) is 0 Å². The quantitative estimate of drug-likeness (QED) is 0.842. The van der Waals surface area contributed by atoms with Crippen LogP contribution in [0.3, 0.4) is 0 Å². The molecule has 3 heteroatoms. The van der Waals surface area contributed by atoms with Gasteiger partial charge in [-0.05, 0) is 51.3 Å². The van der Waals surface area contributed by atoms with Gasteiger partial charge in [0, 0.05) is 12.1 Å². The number of rotatable bonds is 5. The van der Waals surface area contributed by atoms with Crippen LogP contribution in [0.4, 0.5) is 0 Å². The highest BCUT2D eigenvalue weighted by Gasteiger charge is 2.21. The van der Waals surface area contributed by atoms with Crippen molar-refractivity contribution >= 4 is 0 Å². The average Bonchev–Trinajstić information content (AvgIpc) is 2.82. The smallest absolute Gasteiger partial charge is 0.125 e. The molecule has 1 aromatic carbocycles. The molecule has 2 rings (SSSR count). The number of benzene rings is 1. The molecule has 1 atom stereocenters. The Labute approximate surface area is 109 Å². The van der Waals surface area contributed by atoms with E-state index in [-0.39, 0.29) is 0 Å². The van der Waals surface area contributed by atoms with Crippen molar-refractivity contribution in [1.82, 2.24) is 5.32 Å². The molecule has 0 spiro atoms. The lowest BCUT2D eigenvalue weighted by Crippen LogP contribution is -2.20. The Morgan fingerprint density at radius 1 is 1.39 bits per heavy atom. The van der Waals surface area contributed by atoms with Crippen molar-refractivity contribution in [3.63, 3.8) is 0 Å². The third-order valence-corrected chi connectivity index (χ3v) is 3.61. The lowest BCUT2D eigenvalue weighted by atomic mass is 10.0. The summed E-state index contributed by atoms with van der Waals surface area (Å²) in [6.45, 7) is 2.57. The standard InChI is InChI=1S/C15H23NO2/c1-11-6-5-9-14(15(11)13(17)10-16-2)18-12-7-3-4-8-12/h5-6,9,12-13,16-17H,3-4,7-8,10H2,1-2H3. The number of likely N-dealkylation sites (N-methyl/N-ethyl adjacent to an activating group) is 1. The maximum atomic E-state index is 10.2. The molecule has 1 unspecified atom stereocenters. The second-order valence-electron chi connectivity index (χ2n) is 5.08. The van der Waals surface area contributed by atoms with Crippen LogP contribution in [0.25, 0.3) is 0 Å². The Morgan fingerprint density at radius 2 is 2.11 bits per heavy atom. The first kappa shape index (κ1) is 13.4. The maximum Gasteiger partial charge on any atom is 0.125 e. The number of ether oxygens (including phenoxy) is 1. The molecule has 0 bridgehead atoms. The minimum absolute atomic E-state index is 0.326. The molecule has 0 heterocycles. The van der Waals surface area contributed by atoms with Crippen molar-refractivity contribution in [3.05, 3.63) is 29.3 Å². The summed E-state index contributed by atoms with van der Waals surface area (Å²) < 4.78 is 6.07. The Morgan fingerprint density at radius 3 is 2.78 bits per heavy atom. The molecule has 1 saturated carbocycles. The summed E-state index contributed by atoms with van der Waals surface area (Å²) in [6, 6.07) is 5.99. The van der Waals surface area contributed by atoms with Crippen LogP contribution >= 0.6 is 0 Å². The van der Waals surface area contributed by atoms with Crippen molar-refractivity contribution in [1.29, 1.82) is 0 Å². The third kappa shape index (κ3) is 3.03. The van der Waals surface area contributed by atoms with E-state index < -0.39 is 6.10 Å². The maximum absolute atomic E-state index is 10.2. The predicted octanol–water partition coefficient (Wildman–Crippen LogP) is 2.57. The molecule has 0 saturated heterocycles. The van der Waals surface area contributed by atoms with Crippen LogP contribution < -0.4 is 10.1 Å². The van der Waals surface area contributed by atoms with E-state index in [2.05, 4.69) is 5.32 Å². The second-order valence-corrected chi connectivity index (χ2v) is 5.08. The largest absolute Gasteiger partial charge is 0.490 e. The first-order chi connectivity index (χ1) is 8.72. The molecule has 0 radical (unpaired) electrons. The highest BCUT2D eigenvalue weighted by molar-refractivity contribution is 5.41. The van der Waals surface area contributed by atoms with E-state index >= 15 is 0 Å². The number of hydrogen-bond acceptors (Lipinski definition) is 3. The fourth-order valence-corrected chi connectivity index (χ4v) is 2.66. The third-order valence-electron chi connectivity index (χ3n) is 3.61. The van der Waals surface area contributed by atoms with E-state index in [0.29, 0.717) is 12.6 Å². The summed E-state index contributed by atoms with van der Waals surface area (Å²) >= 11 is 0. The number of aliphatic hydroxyl groups is 1. The second kappa shape index (κ2) is 6.21. The van der Waals surface area contributed by atoms with Crippen molar-refractivity contribution in [2.24, 2.45) is 0 Å². The van der Waals surface area contributed by atoms with Gasteiger partial charge >= 0.3 is 0 Å². The van der Waals surface area contributed by atoms with E-state index in [1.165, 1.54) is 12.8 Å². The molecule has 2 N–H and O–H groups in total. The SMILES string of the molecule is CNCC(O)c1c(C)cccc1OC1CCCC1. The molecule has 100 valence electrons. The van der Waals surface area contributed by atoms with Gasteiger partial charge in [0.05, 0.1) is 12.2 Å². The lowest BCUT2D eigenvalue weighted by Gasteiger charge is -2.21. The van der Waals surface area contributed by atoms with Gasteiger partial charge in [-0.1, -0.05) is 12.1 Å². The van der Waals surface area contributed by atoms with E-state index in [9.17, 15) is 5.11 Å². The molecule has 0 amide bonds. The summed E-state index contributed by atoms with van der Waals surface area (Å²) in [6.07, 6.45) is 4.60. The van der Waals surface area contributed by atoms with Gasteiger partial charge in [0.1, 0.15) is 5.75 Å². The fraction of sp³-hybridized carbons (Fsp3) is 0.600. The van der Waals surface area contributed by atoms with E-state index in [4.69, 9.17) is 4.74 Å². The van der Waals surface area contributed by atoms with Crippen LogP contribution in [0.15, 0.2) is 18.2 Å². The van der Waals surface area contributed by atoms with Crippen LogP contribution in [-0.4, -0.2) is 24.8 Å². The van der Waals surface area contributed by atoms with E-state index in [1.54, 1.807) is 0 Å². The average molecular weight is 249 g/mol. The summed E-state index contributed by atoms with van der Waals surface area (Å²) in [7, 11) is 1.85. The predicted molar refractivity (Wildman–Crippen MR) is 72.9 cm³/mol. The molecule has 1 fully saturated rings. The minimum atomic E-state index is -0.507. The summed E-state index contributed by atoms with van der Waals surface area (Å²) in [5, 5.41) is 13.2. The first-order valence-electron chi connectivity index (χ1n) is 6.81. The van der Waals surface area contributed by atoms with Crippen LogP contribution in [0.5, 0.6) is 5.75 Å². The zero-order chi connectivity index (χ0) is 13.0. The number of hydrogen-bond donors (Lipinski definition) is 2. The van der Waals surface area contributed by atoms with Gasteiger partial charge in [-0.3, -0.25) is 0 Å². The Balaban J connectivity index is 2.19. The van der Waals surface area contributed by atoms with E-state index in [0.717, 1.165) is 29.7 Å². The van der Waals surface area contributed by atoms with Crippen LogP contribution in [0.1, 0.15) is 42.9 Å². The van der Waals surface area contributed by atoms with Gasteiger partial charge in [0.2, 0.25) is 0 Å². The molecule has 0 aliphatic heterocycles. The van der Waals surface area contributed by atoms with Crippen molar-refractivity contribution in [2.45, 2.75) is 44.8 Å². The first-order valence-corrected chi connectivity index (χ1v) is 6.81. The summed E-state index contributed by atoms with van der Waals surface area (Å²) in [4.78, 5) is 0. The molecular formula is C15H23NO2. The van der Waals surface area contributed by atoms with E-state index in [1.807, 2.05) is 32.2 Å². The molecule has 0 aromatic heterocycles. The molecule has 18 heavy (non-hydrogen) atoms. The molecule has 1 aromatic rings. The number of nitrogens with one attached hydrogen (secondary N) is 1. The van der Waals surface area contributed by atoms with Crippen LogP contribution in [0, 0.1) is 6.92 Å². The number of aliphatic hydroxyl groups excluding tert-OH is 1. The molecule has 1 aliphatic carbocycles. The molecule has 3 nitrogen and oxygen atoms in total. The van der Waals surface area contributed by atoms with Gasteiger partial charge in [0.15, 0.2) is 0 Å². The summed E-state index contributed by atoms with van der Waals surface area (Å²) in [5.74, 6) is 0.852. The Kier molecular flexibility index (Phi) is 4.61. The molecule has 1 aliphatic rings. The highest BCUT2D eigenvalue weighted by Crippen LogP contribution is 2.32. The van der Waals surface area contributed by atoms with Gasteiger partial charge in [-0.15, -0.1) is 0 Å². The van der Waals surface area contributed by atoms with Crippen LogP contribution in [0.2, 0.25) is 0 Å². The summed E-state index contributed by atoms with van der Waals surface area (Å²) in [5.41, 5.74) is 2.02. The van der Waals surface area contributed by atoms with Crippen molar-refractivity contribution in [3.8, 4) is 5.75 Å². The van der Waals surface area contributed by atoms with Crippen molar-refractivity contribution in [2.75, 3.05) is 13.6 Å². The fourth-order valence-electron chi connectivity index (χ4n) is 2.66. The number of aryl methyl sites for hydroxylation is 1. The zero-order valence-electron chi connectivity index (χ0n) is 11.3. The minimum Gasteiger partial charge on any atom is -0.490 e. The monoisotopic (exact) mass is 249 g/mol. The van der Waals surface area contributed by atoms with Gasteiger partial charge in [-0.25, -0.2) is 0 Å². The zero-order valence-corrected chi connectivity index (χ0v) is 11.3. The van der Waals surface area contributed by atoms with Crippen LogP contribution in [-0.2, 0) is 0 Å². The van der Waals surface area contributed by atoms with Gasteiger partial charge in [0.25, 0.3) is 0 Å². The Hall–Kier alpha value is -1.06. The molecular weight excluding hydrogens is 226 g/mol. The normalized spacial score (nSPS) is 17.9. The Bertz CT molecular complexity index is 386. The topological polar surface area (TPSA) is 41.5 Å². The highest BCUT2D eigenvalue weighted by atomic mass is 16.5. The van der Waals surface area contributed by atoms with Crippen molar-refractivity contribution < 1.29 is 9.84 Å². The lowest BCUT2D eigenvalue weighted by molar-refractivity contribution is 0.159.